The lowest BCUT2D eigenvalue weighted by molar-refractivity contribution is 0.102. The molecule has 2 aromatic rings. The van der Waals surface area contributed by atoms with Gasteiger partial charge in [0.25, 0.3) is 5.91 Å². The lowest BCUT2D eigenvalue weighted by Gasteiger charge is -2.07. The van der Waals surface area contributed by atoms with Crippen LogP contribution in [0.2, 0.25) is 0 Å². The molecule has 0 atom stereocenters. The van der Waals surface area contributed by atoms with Gasteiger partial charge in [-0.2, -0.15) is 0 Å². The van der Waals surface area contributed by atoms with E-state index in [9.17, 15) is 9.18 Å². The number of nitrogen functional groups attached to an aromatic ring is 1. The van der Waals surface area contributed by atoms with E-state index in [1.807, 2.05) is 0 Å². The van der Waals surface area contributed by atoms with Crippen LogP contribution < -0.4 is 11.1 Å². The molecule has 1 heterocycles. The highest BCUT2D eigenvalue weighted by Gasteiger charge is 2.14. The lowest BCUT2D eigenvalue weighted by atomic mass is 10.2. The number of carbonyl (C=O) groups excluding carboxylic acids is 1. The molecule has 1 aromatic heterocycles. The van der Waals surface area contributed by atoms with Crippen LogP contribution in [0, 0.1) is 5.82 Å². The maximum atomic E-state index is 13.2. The number of anilines is 2. The number of benzene rings is 1. The number of aromatic nitrogens is 2. The van der Waals surface area contributed by atoms with Crippen LogP contribution in [-0.4, -0.2) is 15.9 Å². The van der Waals surface area contributed by atoms with Gasteiger partial charge in [0.1, 0.15) is 10.4 Å². The Morgan fingerprint density at radius 2 is 2.00 bits per heavy atom. The van der Waals surface area contributed by atoms with Crippen molar-refractivity contribution in [1.82, 2.24) is 9.97 Å². The van der Waals surface area contributed by atoms with Gasteiger partial charge in [-0.3, -0.25) is 4.79 Å². The van der Waals surface area contributed by atoms with Crippen LogP contribution in [-0.2, 0) is 0 Å². The zero-order valence-electron chi connectivity index (χ0n) is 9.32. The van der Waals surface area contributed by atoms with Gasteiger partial charge in [0, 0.05) is 4.47 Å². The van der Waals surface area contributed by atoms with Crippen molar-refractivity contribution >= 4 is 49.3 Å². The summed E-state index contributed by atoms with van der Waals surface area (Å²) in [6, 6.07) is 2.39. The van der Waals surface area contributed by atoms with Crippen LogP contribution in [0.4, 0.5) is 15.9 Å². The molecule has 0 aliphatic rings. The normalized spacial score (nSPS) is 10.3. The Kier molecular flexibility index (Phi) is 4.11. The van der Waals surface area contributed by atoms with E-state index in [0.29, 0.717) is 9.08 Å². The lowest BCUT2D eigenvalue weighted by Crippen LogP contribution is -2.14. The van der Waals surface area contributed by atoms with Crippen LogP contribution in [0.5, 0.6) is 0 Å². The van der Waals surface area contributed by atoms with Crippen molar-refractivity contribution < 1.29 is 9.18 Å². The summed E-state index contributed by atoms with van der Waals surface area (Å²) in [5.41, 5.74) is 5.54. The van der Waals surface area contributed by atoms with E-state index < -0.39 is 11.7 Å². The van der Waals surface area contributed by atoms with E-state index in [1.165, 1.54) is 18.5 Å². The minimum absolute atomic E-state index is 0.102. The fourth-order valence-electron chi connectivity index (χ4n) is 1.30. The third-order valence-corrected chi connectivity index (χ3v) is 3.26. The molecule has 98 valence electrons. The predicted octanol–water partition coefficient (Wildman–Crippen LogP) is 2.98. The standard InChI is InChI=1S/C11H7Br2FN4O/c12-6-2-7(14)8(15)1-5(6)11(19)18-10-4-16-9(13)3-17-10/h1-4H,15H2,(H,17,18,19). The highest BCUT2D eigenvalue weighted by atomic mass is 79.9. The third kappa shape index (κ3) is 3.27. The molecule has 0 fully saturated rings. The van der Waals surface area contributed by atoms with E-state index in [-0.39, 0.29) is 17.1 Å². The first-order chi connectivity index (χ1) is 8.97. The van der Waals surface area contributed by atoms with Crippen LogP contribution >= 0.6 is 31.9 Å². The quantitative estimate of drug-likeness (QED) is 0.773. The second kappa shape index (κ2) is 5.62. The number of nitrogens with two attached hydrogens (primary N) is 1. The highest BCUT2D eigenvalue weighted by molar-refractivity contribution is 9.10. The smallest absolute Gasteiger partial charge is 0.258 e. The van der Waals surface area contributed by atoms with Crippen molar-refractivity contribution in [3.05, 3.63) is 45.0 Å². The average Bonchev–Trinajstić information content (AvgIpc) is 2.36. The summed E-state index contributed by atoms with van der Waals surface area (Å²) in [6.45, 7) is 0. The summed E-state index contributed by atoms with van der Waals surface area (Å²) < 4.78 is 14.0. The number of carbonyl (C=O) groups is 1. The van der Waals surface area contributed by atoms with E-state index in [4.69, 9.17) is 5.73 Å². The second-order valence-electron chi connectivity index (χ2n) is 3.53. The van der Waals surface area contributed by atoms with Crippen molar-refractivity contribution in [3.8, 4) is 0 Å². The Labute approximate surface area is 124 Å². The van der Waals surface area contributed by atoms with Gasteiger partial charge >= 0.3 is 0 Å². The van der Waals surface area contributed by atoms with E-state index in [1.54, 1.807) is 0 Å². The van der Waals surface area contributed by atoms with Crippen LogP contribution in [0.1, 0.15) is 10.4 Å². The Bertz CT molecular complexity index is 633. The van der Waals surface area contributed by atoms with Gasteiger partial charge in [-0.15, -0.1) is 0 Å². The van der Waals surface area contributed by atoms with Gasteiger partial charge in [0.05, 0.1) is 23.6 Å². The van der Waals surface area contributed by atoms with Gasteiger partial charge in [0.2, 0.25) is 0 Å². The van der Waals surface area contributed by atoms with Crippen LogP contribution in [0.15, 0.2) is 33.6 Å². The maximum Gasteiger partial charge on any atom is 0.258 e. The Morgan fingerprint density at radius 3 is 2.63 bits per heavy atom. The van der Waals surface area contributed by atoms with E-state index in [0.717, 1.165) is 6.07 Å². The molecule has 19 heavy (non-hydrogen) atoms. The molecule has 8 heteroatoms. The topological polar surface area (TPSA) is 80.9 Å². The SMILES string of the molecule is Nc1cc(C(=O)Nc2cnc(Br)cn2)c(Br)cc1F. The van der Waals surface area contributed by atoms with Gasteiger partial charge < -0.3 is 11.1 Å². The Morgan fingerprint density at radius 1 is 1.26 bits per heavy atom. The number of nitrogens with one attached hydrogen (secondary N) is 1. The van der Waals surface area contributed by atoms with E-state index in [2.05, 4.69) is 47.1 Å². The van der Waals surface area contributed by atoms with Crippen molar-refractivity contribution in [1.29, 1.82) is 0 Å². The number of halogens is 3. The molecule has 0 unspecified atom stereocenters. The summed E-state index contributed by atoms with van der Waals surface area (Å²) in [5.74, 6) is -0.773. The summed E-state index contributed by atoms with van der Waals surface area (Å²) in [4.78, 5) is 19.9. The molecule has 5 nitrogen and oxygen atoms in total. The molecule has 0 saturated carbocycles. The number of amides is 1. The first kappa shape index (κ1) is 13.9. The molecular weight excluding hydrogens is 383 g/mol. The zero-order chi connectivity index (χ0) is 14.0. The van der Waals surface area contributed by atoms with Crippen molar-refractivity contribution in [2.75, 3.05) is 11.1 Å². The largest absolute Gasteiger partial charge is 0.396 e. The molecule has 0 spiro atoms. The molecule has 1 aromatic carbocycles. The van der Waals surface area contributed by atoms with Crippen molar-refractivity contribution in [3.63, 3.8) is 0 Å². The Hall–Kier alpha value is -1.54. The average molecular weight is 390 g/mol. The minimum atomic E-state index is -0.591. The summed E-state index contributed by atoms with van der Waals surface area (Å²) >= 11 is 6.24. The molecule has 0 aliphatic heterocycles. The van der Waals surface area contributed by atoms with Crippen molar-refractivity contribution in [2.24, 2.45) is 0 Å². The summed E-state index contributed by atoms with van der Waals surface area (Å²) in [7, 11) is 0. The minimum Gasteiger partial charge on any atom is -0.396 e. The van der Waals surface area contributed by atoms with Gasteiger partial charge in [-0.25, -0.2) is 14.4 Å². The number of nitrogens with zero attached hydrogens (tertiary/aromatic N) is 2. The molecule has 0 bridgehead atoms. The third-order valence-electron chi connectivity index (χ3n) is 2.19. The van der Waals surface area contributed by atoms with Crippen molar-refractivity contribution in [2.45, 2.75) is 0 Å². The molecule has 0 radical (unpaired) electrons. The van der Waals surface area contributed by atoms with Crippen LogP contribution in [0.3, 0.4) is 0 Å². The monoisotopic (exact) mass is 388 g/mol. The molecule has 1 amide bonds. The second-order valence-corrected chi connectivity index (χ2v) is 5.20. The highest BCUT2D eigenvalue weighted by Crippen LogP contribution is 2.23. The first-order valence-corrected chi connectivity index (χ1v) is 6.59. The van der Waals surface area contributed by atoms with Gasteiger partial charge in [0.15, 0.2) is 5.82 Å². The fourth-order valence-corrected chi connectivity index (χ4v) is 2.00. The van der Waals surface area contributed by atoms with Crippen LogP contribution in [0.25, 0.3) is 0 Å². The predicted molar refractivity (Wildman–Crippen MR) is 76.2 cm³/mol. The summed E-state index contributed by atoms with van der Waals surface area (Å²) in [6.07, 6.45) is 2.84. The molecule has 2 rings (SSSR count). The maximum absolute atomic E-state index is 13.2. The Balaban J connectivity index is 2.25. The number of hydrogen-bond donors (Lipinski definition) is 2. The summed E-state index contributed by atoms with van der Waals surface area (Å²) in [5, 5.41) is 2.53. The zero-order valence-corrected chi connectivity index (χ0v) is 12.5. The number of hydrogen-bond acceptors (Lipinski definition) is 4. The molecular formula is C11H7Br2FN4O. The fraction of sp³-hybridized carbons (Fsp3) is 0. The first-order valence-electron chi connectivity index (χ1n) is 5.01. The van der Waals surface area contributed by atoms with Gasteiger partial charge in [-0.05, 0) is 44.0 Å². The molecule has 0 saturated heterocycles. The molecule has 3 N–H and O–H groups in total. The number of rotatable bonds is 2. The van der Waals surface area contributed by atoms with Gasteiger partial charge in [-0.1, -0.05) is 0 Å². The molecule has 0 aliphatic carbocycles. The van der Waals surface area contributed by atoms with E-state index >= 15 is 0 Å².